The molecule has 0 aliphatic heterocycles. The summed E-state index contributed by atoms with van der Waals surface area (Å²) < 4.78 is 0. The fourth-order valence-electron chi connectivity index (χ4n) is 2.21. The normalized spacial score (nSPS) is 32.8. The van der Waals surface area contributed by atoms with Crippen LogP contribution in [0.5, 0.6) is 0 Å². The van der Waals surface area contributed by atoms with Crippen molar-refractivity contribution in [2.24, 2.45) is 5.92 Å². The fourth-order valence-corrected chi connectivity index (χ4v) is 2.21. The van der Waals surface area contributed by atoms with Gasteiger partial charge in [0.05, 0.1) is 0 Å². The molecule has 0 aromatic carbocycles. The number of allylic oxidation sites excluding steroid dienone is 4. The first-order chi connectivity index (χ1) is 6.38. The first-order valence-corrected chi connectivity index (χ1v) is 5.30. The van der Waals surface area contributed by atoms with Crippen LogP contribution in [0.25, 0.3) is 0 Å². The molecule has 0 fully saturated rings. The van der Waals surface area contributed by atoms with Gasteiger partial charge in [0, 0.05) is 5.92 Å². The Balaban J connectivity index is 2.13. The molecule has 1 atom stereocenters. The lowest BCUT2D eigenvalue weighted by molar-refractivity contribution is -0.116. The zero-order valence-corrected chi connectivity index (χ0v) is 7.96. The van der Waals surface area contributed by atoms with Gasteiger partial charge in [0.2, 0.25) is 0 Å². The van der Waals surface area contributed by atoms with Gasteiger partial charge in [-0.05, 0) is 30.9 Å². The number of carbonyl (C=O) groups excluding carboxylic acids is 1. The molecule has 2 rings (SSSR count). The van der Waals surface area contributed by atoms with Crippen LogP contribution >= 0.6 is 0 Å². The summed E-state index contributed by atoms with van der Waals surface area (Å²) in [5, 5.41) is 0. The summed E-state index contributed by atoms with van der Waals surface area (Å²) >= 11 is 0. The molecule has 0 saturated carbocycles. The Morgan fingerprint density at radius 3 is 2.85 bits per heavy atom. The van der Waals surface area contributed by atoms with E-state index in [0.29, 0.717) is 5.78 Å². The molecule has 0 spiro atoms. The van der Waals surface area contributed by atoms with E-state index in [0.717, 1.165) is 12.8 Å². The summed E-state index contributed by atoms with van der Waals surface area (Å²) in [5.74, 6) is 0.547. The first kappa shape index (κ1) is 8.74. The molecule has 1 heteroatoms. The van der Waals surface area contributed by atoms with Crippen molar-refractivity contribution < 1.29 is 4.79 Å². The summed E-state index contributed by atoms with van der Waals surface area (Å²) in [6.45, 7) is 0. The van der Waals surface area contributed by atoms with Crippen molar-refractivity contribution in [1.29, 1.82) is 0 Å². The Labute approximate surface area is 79.5 Å². The molecule has 13 heavy (non-hydrogen) atoms. The topological polar surface area (TPSA) is 17.1 Å². The van der Waals surface area contributed by atoms with E-state index >= 15 is 0 Å². The Morgan fingerprint density at radius 2 is 1.92 bits per heavy atom. The van der Waals surface area contributed by atoms with E-state index in [4.69, 9.17) is 0 Å². The number of fused-ring (bicyclic) bond motifs is 1. The molecule has 0 saturated heterocycles. The average Bonchev–Trinajstić information content (AvgIpc) is 2.51. The summed E-state index contributed by atoms with van der Waals surface area (Å²) in [6, 6.07) is 0. The van der Waals surface area contributed by atoms with E-state index in [9.17, 15) is 4.79 Å². The van der Waals surface area contributed by atoms with Crippen LogP contribution in [0.1, 0.15) is 38.5 Å². The highest BCUT2D eigenvalue weighted by Crippen LogP contribution is 2.29. The highest BCUT2D eigenvalue weighted by molar-refractivity contribution is 5.98. The minimum absolute atomic E-state index is 0.220. The molecule has 1 unspecified atom stereocenters. The molecule has 0 N–H and O–H groups in total. The van der Waals surface area contributed by atoms with Crippen LogP contribution in [0, 0.1) is 5.92 Å². The molecular formula is C12H16O. The largest absolute Gasteiger partial charge is 0.294 e. The maximum Gasteiger partial charge on any atom is 0.163 e. The van der Waals surface area contributed by atoms with Crippen molar-refractivity contribution in [2.75, 3.05) is 0 Å². The lowest BCUT2D eigenvalue weighted by Gasteiger charge is -2.08. The maximum absolute atomic E-state index is 11.5. The van der Waals surface area contributed by atoms with Gasteiger partial charge in [-0.1, -0.05) is 31.4 Å². The second-order valence-corrected chi connectivity index (χ2v) is 3.98. The molecule has 0 heterocycles. The van der Waals surface area contributed by atoms with E-state index in [1.54, 1.807) is 6.08 Å². The molecule has 2 aliphatic carbocycles. The highest BCUT2D eigenvalue weighted by Gasteiger charge is 2.23. The zero-order valence-electron chi connectivity index (χ0n) is 7.96. The zero-order chi connectivity index (χ0) is 9.10. The lowest BCUT2D eigenvalue weighted by atomic mass is 9.95. The van der Waals surface area contributed by atoms with Crippen molar-refractivity contribution in [2.45, 2.75) is 38.5 Å². The number of carbonyl (C=O) groups is 1. The van der Waals surface area contributed by atoms with Gasteiger partial charge in [0.15, 0.2) is 5.78 Å². The fraction of sp³-hybridized carbons (Fsp3) is 0.583. The van der Waals surface area contributed by atoms with E-state index < -0.39 is 0 Å². The third kappa shape index (κ3) is 1.90. The van der Waals surface area contributed by atoms with Gasteiger partial charge in [0.1, 0.15) is 0 Å². The molecule has 1 nitrogen and oxygen atoms in total. The Hall–Kier alpha value is -0.850. The molecular weight excluding hydrogens is 160 g/mol. The second-order valence-electron chi connectivity index (χ2n) is 3.98. The van der Waals surface area contributed by atoms with Gasteiger partial charge >= 0.3 is 0 Å². The Kier molecular flexibility index (Phi) is 2.62. The Bertz CT molecular complexity index is 260. The molecule has 0 aromatic heterocycles. The second kappa shape index (κ2) is 3.91. The van der Waals surface area contributed by atoms with E-state index in [1.165, 1.54) is 31.3 Å². The first-order valence-electron chi connectivity index (χ1n) is 5.30. The van der Waals surface area contributed by atoms with Crippen LogP contribution < -0.4 is 0 Å². The van der Waals surface area contributed by atoms with Crippen LogP contribution in [0.3, 0.4) is 0 Å². The molecule has 0 bridgehead atoms. The highest BCUT2D eigenvalue weighted by atomic mass is 16.1. The van der Waals surface area contributed by atoms with Crippen molar-refractivity contribution >= 4 is 5.78 Å². The molecule has 70 valence electrons. The standard InChI is InChI=1S/C12H16O/c13-12-9-8-10-6-4-2-1-3-5-7-11(10)12/h6,8-9,11H,1-5,7H2/b10-6-. The number of ketones is 1. The smallest absolute Gasteiger partial charge is 0.163 e. The van der Waals surface area contributed by atoms with Gasteiger partial charge in [0.25, 0.3) is 0 Å². The van der Waals surface area contributed by atoms with Gasteiger partial charge < -0.3 is 0 Å². The number of hydrogen-bond donors (Lipinski definition) is 0. The molecule has 0 radical (unpaired) electrons. The quantitative estimate of drug-likeness (QED) is 0.554. The summed E-state index contributed by atoms with van der Waals surface area (Å²) in [6.07, 6.45) is 13.4. The minimum Gasteiger partial charge on any atom is -0.294 e. The van der Waals surface area contributed by atoms with Crippen LogP contribution in [0.15, 0.2) is 23.8 Å². The Morgan fingerprint density at radius 1 is 1.08 bits per heavy atom. The van der Waals surface area contributed by atoms with Crippen molar-refractivity contribution in [3.63, 3.8) is 0 Å². The summed E-state index contributed by atoms with van der Waals surface area (Å²) in [7, 11) is 0. The van der Waals surface area contributed by atoms with E-state index in [-0.39, 0.29) is 5.92 Å². The molecule has 2 aliphatic rings. The van der Waals surface area contributed by atoms with Crippen molar-refractivity contribution in [1.82, 2.24) is 0 Å². The summed E-state index contributed by atoms with van der Waals surface area (Å²) in [4.78, 5) is 11.5. The van der Waals surface area contributed by atoms with Crippen molar-refractivity contribution in [3.05, 3.63) is 23.8 Å². The van der Waals surface area contributed by atoms with Crippen LogP contribution in [0.2, 0.25) is 0 Å². The third-order valence-electron chi connectivity index (χ3n) is 3.01. The minimum atomic E-state index is 0.220. The van der Waals surface area contributed by atoms with Gasteiger partial charge in [-0.25, -0.2) is 0 Å². The number of rotatable bonds is 0. The molecule has 0 aromatic rings. The van der Waals surface area contributed by atoms with Crippen LogP contribution in [-0.2, 0) is 4.79 Å². The average molecular weight is 176 g/mol. The summed E-state index contributed by atoms with van der Waals surface area (Å²) in [5.41, 5.74) is 1.28. The van der Waals surface area contributed by atoms with Gasteiger partial charge in [-0.3, -0.25) is 4.79 Å². The molecule has 0 amide bonds. The predicted molar refractivity (Wildman–Crippen MR) is 53.4 cm³/mol. The van der Waals surface area contributed by atoms with Crippen LogP contribution in [-0.4, -0.2) is 5.78 Å². The maximum atomic E-state index is 11.5. The SMILES string of the molecule is O=C1C=C/C2=C/CCCCCCC12. The van der Waals surface area contributed by atoms with Gasteiger partial charge in [-0.15, -0.1) is 0 Å². The van der Waals surface area contributed by atoms with E-state index in [2.05, 4.69) is 6.08 Å². The van der Waals surface area contributed by atoms with Crippen LogP contribution in [0.4, 0.5) is 0 Å². The predicted octanol–water partition coefficient (Wildman–Crippen LogP) is 3.02. The monoisotopic (exact) mass is 176 g/mol. The lowest BCUT2D eigenvalue weighted by Crippen LogP contribution is -2.08. The third-order valence-corrected chi connectivity index (χ3v) is 3.01. The number of hydrogen-bond acceptors (Lipinski definition) is 1. The van der Waals surface area contributed by atoms with Crippen molar-refractivity contribution in [3.8, 4) is 0 Å². The van der Waals surface area contributed by atoms with E-state index in [1.807, 2.05) is 6.08 Å². The van der Waals surface area contributed by atoms with Gasteiger partial charge in [-0.2, -0.15) is 0 Å².